The molecule has 8 nitrogen and oxygen atoms in total. The van der Waals surface area contributed by atoms with Gasteiger partial charge in [-0.1, -0.05) is 54.1 Å². The first-order chi connectivity index (χ1) is 14.4. The Kier molecular flexibility index (Phi) is 5.83. The van der Waals surface area contributed by atoms with Crippen molar-refractivity contribution in [3.8, 4) is 11.4 Å². The standard InChI is InChI=1S/C20H20ClN5O3S/c21-17-8-4-7-16(11-17)20-22-24-26(23-20)13-19(27)25(12-15-5-2-1-3-6-15)18-9-10-30(28,29)14-18/h1-8,11,18H,9-10,12-14H2. The van der Waals surface area contributed by atoms with Crippen LogP contribution in [0.5, 0.6) is 0 Å². The number of amides is 1. The summed E-state index contributed by atoms with van der Waals surface area (Å²) in [5.41, 5.74) is 1.63. The van der Waals surface area contributed by atoms with Crippen LogP contribution in [0.2, 0.25) is 5.02 Å². The van der Waals surface area contributed by atoms with E-state index in [-0.39, 0.29) is 30.0 Å². The molecule has 1 aromatic heterocycles. The lowest BCUT2D eigenvalue weighted by molar-refractivity contribution is -0.134. The van der Waals surface area contributed by atoms with Crippen molar-refractivity contribution in [1.82, 2.24) is 25.1 Å². The molecule has 2 aromatic carbocycles. The number of hydrogen-bond donors (Lipinski definition) is 0. The lowest BCUT2D eigenvalue weighted by Gasteiger charge is -2.28. The highest BCUT2D eigenvalue weighted by Crippen LogP contribution is 2.21. The van der Waals surface area contributed by atoms with Crippen molar-refractivity contribution in [3.63, 3.8) is 0 Å². The molecule has 156 valence electrons. The molecule has 4 rings (SSSR count). The van der Waals surface area contributed by atoms with Gasteiger partial charge in [0.25, 0.3) is 0 Å². The average Bonchev–Trinajstić information content (AvgIpc) is 3.33. The van der Waals surface area contributed by atoms with Crippen LogP contribution in [0.25, 0.3) is 11.4 Å². The smallest absolute Gasteiger partial charge is 0.246 e. The third kappa shape index (κ3) is 4.85. The molecule has 0 bridgehead atoms. The molecular formula is C20H20ClN5O3S. The topological polar surface area (TPSA) is 98.1 Å². The highest BCUT2D eigenvalue weighted by Gasteiger charge is 2.35. The van der Waals surface area contributed by atoms with Crippen LogP contribution in [0.15, 0.2) is 54.6 Å². The minimum absolute atomic E-state index is 0.0237. The van der Waals surface area contributed by atoms with Gasteiger partial charge in [0, 0.05) is 23.2 Å². The maximum absolute atomic E-state index is 13.1. The van der Waals surface area contributed by atoms with Crippen LogP contribution in [-0.2, 0) is 27.7 Å². The SMILES string of the molecule is O=C(Cn1nnc(-c2cccc(Cl)c2)n1)N(Cc1ccccc1)C1CCS(=O)(=O)C1. The van der Waals surface area contributed by atoms with Crippen LogP contribution in [-0.4, -0.2) is 57.0 Å². The van der Waals surface area contributed by atoms with Crippen molar-refractivity contribution in [1.29, 1.82) is 0 Å². The zero-order chi connectivity index (χ0) is 21.1. The number of rotatable bonds is 6. The first kappa shape index (κ1) is 20.5. The van der Waals surface area contributed by atoms with Crippen LogP contribution in [0.4, 0.5) is 0 Å². The van der Waals surface area contributed by atoms with E-state index in [0.717, 1.165) is 5.56 Å². The van der Waals surface area contributed by atoms with Crippen molar-refractivity contribution in [2.24, 2.45) is 0 Å². The number of sulfone groups is 1. The fraction of sp³-hybridized carbons (Fsp3) is 0.300. The van der Waals surface area contributed by atoms with E-state index < -0.39 is 9.84 Å². The number of halogens is 1. The Bertz CT molecular complexity index is 1150. The Hall–Kier alpha value is -2.78. The van der Waals surface area contributed by atoms with E-state index in [0.29, 0.717) is 29.4 Å². The number of carbonyl (C=O) groups is 1. The first-order valence-electron chi connectivity index (χ1n) is 9.47. The van der Waals surface area contributed by atoms with Gasteiger partial charge in [0.05, 0.1) is 11.5 Å². The van der Waals surface area contributed by atoms with E-state index in [1.807, 2.05) is 30.3 Å². The number of aromatic nitrogens is 4. The lowest BCUT2D eigenvalue weighted by Crippen LogP contribution is -2.42. The Morgan fingerprint density at radius 1 is 1.17 bits per heavy atom. The zero-order valence-electron chi connectivity index (χ0n) is 16.1. The normalized spacial score (nSPS) is 17.7. The summed E-state index contributed by atoms with van der Waals surface area (Å²) in [7, 11) is -3.13. The Morgan fingerprint density at radius 2 is 1.97 bits per heavy atom. The maximum atomic E-state index is 13.1. The van der Waals surface area contributed by atoms with E-state index in [2.05, 4.69) is 15.4 Å². The maximum Gasteiger partial charge on any atom is 0.246 e. The molecule has 0 aliphatic carbocycles. The molecule has 1 aliphatic rings. The van der Waals surface area contributed by atoms with Gasteiger partial charge in [0.2, 0.25) is 11.7 Å². The monoisotopic (exact) mass is 445 g/mol. The third-order valence-corrected chi connectivity index (χ3v) is 6.96. The second kappa shape index (κ2) is 8.53. The number of nitrogens with zero attached hydrogens (tertiary/aromatic N) is 5. The van der Waals surface area contributed by atoms with Crippen molar-refractivity contribution in [2.75, 3.05) is 11.5 Å². The molecule has 1 aliphatic heterocycles. The molecule has 1 atom stereocenters. The molecule has 0 spiro atoms. The molecule has 2 heterocycles. The molecular weight excluding hydrogens is 426 g/mol. The Labute approximate surface area is 179 Å². The molecule has 0 N–H and O–H groups in total. The average molecular weight is 446 g/mol. The number of tetrazole rings is 1. The highest BCUT2D eigenvalue weighted by molar-refractivity contribution is 7.91. The Balaban J connectivity index is 1.53. The zero-order valence-corrected chi connectivity index (χ0v) is 17.6. The summed E-state index contributed by atoms with van der Waals surface area (Å²) in [4.78, 5) is 15.9. The van der Waals surface area contributed by atoms with E-state index in [9.17, 15) is 13.2 Å². The quantitative estimate of drug-likeness (QED) is 0.577. The van der Waals surface area contributed by atoms with Gasteiger partial charge in [-0.15, -0.1) is 10.2 Å². The van der Waals surface area contributed by atoms with Crippen LogP contribution in [0, 0.1) is 0 Å². The minimum atomic E-state index is -3.13. The van der Waals surface area contributed by atoms with Gasteiger partial charge in [0.15, 0.2) is 9.84 Å². The summed E-state index contributed by atoms with van der Waals surface area (Å²) < 4.78 is 24.0. The van der Waals surface area contributed by atoms with Gasteiger partial charge in [-0.25, -0.2) is 8.42 Å². The number of carbonyl (C=O) groups excluding carboxylic acids is 1. The summed E-state index contributed by atoms with van der Waals surface area (Å²) in [5, 5.41) is 12.8. The van der Waals surface area contributed by atoms with Crippen LogP contribution in [0.1, 0.15) is 12.0 Å². The van der Waals surface area contributed by atoms with E-state index >= 15 is 0 Å². The van der Waals surface area contributed by atoms with Gasteiger partial charge in [0.1, 0.15) is 6.54 Å². The van der Waals surface area contributed by atoms with Crippen molar-refractivity contribution in [2.45, 2.75) is 25.6 Å². The predicted octanol–water partition coefficient (Wildman–Crippen LogP) is 2.21. The minimum Gasteiger partial charge on any atom is -0.333 e. The van der Waals surface area contributed by atoms with Gasteiger partial charge in [-0.3, -0.25) is 4.79 Å². The number of benzene rings is 2. The van der Waals surface area contributed by atoms with Gasteiger partial charge < -0.3 is 4.90 Å². The molecule has 0 saturated carbocycles. The van der Waals surface area contributed by atoms with Gasteiger partial charge >= 0.3 is 0 Å². The molecule has 1 amide bonds. The number of hydrogen-bond acceptors (Lipinski definition) is 6. The molecule has 1 saturated heterocycles. The van der Waals surface area contributed by atoms with Gasteiger partial charge in [-0.2, -0.15) is 4.80 Å². The van der Waals surface area contributed by atoms with Crippen molar-refractivity contribution >= 4 is 27.3 Å². The molecule has 3 aromatic rings. The second-order valence-electron chi connectivity index (χ2n) is 7.22. The van der Waals surface area contributed by atoms with Crippen LogP contribution in [0.3, 0.4) is 0 Å². The van der Waals surface area contributed by atoms with Crippen molar-refractivity contribution < 1.29 is 13.2 Å². The summed E-state index contributed by atoms with van der Waals surface area (Å²) in [6, 6.07) is 16.2. The largest absolute Gasteiger partial charge is 0.333 e. The summed E-state index contributed by atoms with van der Waals surface area (Å²) >= 11 is 6.01. The van der Waals surface area contributed by atoms with Crippen LogP contribution >= 0.6 is 11.6 Å². The van der Waals surface area contributed by atoms with Gasteiger partial charge in [-0.05, 0) is 29.3 Å². The second-order valence-corrected chi connectivity index (χ2v) is 9.88. The van der Waals surface area contributed by atoms with Crippen molar-refractivity contribution in [3.05, 3.63) is 65.2 Å². The molecule has 1 unspecified atom stereocenters. The van der Waals surface area contributed by atoms with E-state index in [4.69, 9.17) is 11.6 Å². The Morgan fingerprint density at radius 3 is 2.67 bits per heavy atom. The highest BCUT2D eigenvalue weighted by atomic mass is 35.5. The molecule has 0 radical (unpaired) electrons. The molecule has 10 heteroatoms. The third-order valence-electron chi connectivity index (χ3n) is 4.98. The predicted molar refractivity (Wildman–Crippen MR) is 112 cm³/mol. The van der Waals surface area contributed by atoms with E-state index in [1.165, 1.54) is 4.80 Å². The first-order valence-corrected chi connectivity index (χ1v) is 11.7. The van der Waals surface area contributed by atoms with E-state index in [1.54, 1.807) is 29.2 Å². The fourth-order valence-electron chi connectivity index (χ4n) is 3.49. The molecule has 30 heavy (non-hydrogen) atoms. The van der Waals surface area contributed by atoms with Crippen LogP contribution < -0.4 is 0 Å². The lowest BCUT2D eigenvalue weighted by atomic mass is 10.1. The fourth-order valence-corrected chi connectivity index (χ4v) is 5.41. The summed E-state index contributed by atoms with van der Waals surface area (Å²) in [5.74, 6) is 0.181. The summed E-state index contributed by atoms with van der Waals surface area (Å²) in [6.07, 6.45) is 0.430. The summed E-state index contributed by atoms with van der Waals surface area (Å²) in [6.45, 7) is 0.201. The molecule has 1 fully saturated rings.